The summed E-state index contributed by atoms with van der Waals surface area (Å²) in [6, 6.07) is 0.367. The van der Waals surface area contributed by atoms with Gasteiger partial charge >= 0.3 is 0 Å². The van der Waals surface area contributed by atoms with Crippen LogP contribution in [0, 0.1) is 12.3 Å². The molecule has 1 unspecified atom stereocenters. The minimum absolute atomic E-state index is 0.186. The van der Waals surface area contributed by atoms with Gasteiger partial charge in [-0.25, -0.2) is 9.97 Å². The second-order valence-corrected chi connectivity index (χ2v) is 6.24. The molecule has 0 aliphatic carbocycles. The molecule has 1 atom stereocenters. The quantitative estimate of drug-likeness (QED) is 0.780. The number of aromatic nitrogens is 2. The van der Waals surface area contributed by atoms with Gasteiger partial charge in [0, 0.05) is 25.1 Å². The Bertz CT molecular complexity index is 424. The summed E-state index contributed by atoms with van der Waals surface area (Å²) in [6.07, 6.45) is 0.796. The van der Waals surface area contributed by atoms with Crippen molar-refractivity contribution in [1.29, 1.82) is 0 Å². The molecule has 0 aliphatic rings. The molecule has 0 fully saturated rings. The SMILES string of the molecule is CCc1nc(Cl)c(C)c(N(C)C(C)C(C)(C)C)n1. The van der Waals surface area contributed by atoms with Crippen molar-refractivity contribution in [3.63, 3.8) is 0 Å². The summed E-state index contributed by atoms with van der Waals surface area (Å²) < 4.78 is 0. The second-order valence-electron chi connectivity index (χ2n) is 5.89. The van der Waals surface area contributed by atoms with Gasteiger partial charge in [0.2, 0.25) is 0 Å². The lowest BCUT2D eigenvalue weighted by Gasteiger charge is -2.36. The van der Waals surface area contributed by atoms with E-state index in [2.05, 4.69) is 49.6 Å². The first-order valence-electron chi connectivity index (χ1n) is 6.44. The van der Waals surface area contributed by atoms with Crippen molar-refractivity contribution >= 4 is 17.4 Å². The van der Waals surface area contributed by atoms with Gasteiger partial charge in [-0.15, -0.1) is 0 Å². The Morgan fingerprint density at radius 2 is 1.83 bits per heavy atom. The molecular formula is C14H24ClN3. The highest BCUT2D eigenvalue weighted by molar-refractivity contribution is 6.30. The van der Waals surface area contributed by atoms with Crippen LogP contribution >= 0.6 is 11.6 Å². The smallest absolute Gasteiger partial charge is 0.137 e. The predicted octanol–water partition coefficient (Wildman–Crippen LogP) is 3.87. The van der Waals surface area contributed by atoms with Crippen LogP contribution in [0.15, 0.2) is 0 Å². The maximum atomic E-state index is 6.18. The molecule has 1 aromatic rings. The van der Waals surface area contributed by atoms with Crippen LogP contribution in [0.5, 0.6) is 0 Å². The van der Waals surface area contributed by atoms with Gasteiger partial charge in [0.25, 0.3) is 0 Å². The fourth-order valence-electron chi connectivity index (χ4n) is 1.79. The zero-order valence-corrected chi connectivity index (χ0v) is 13.3. The zero-order chi connectivity index (χ0) is 14.1. The Kier molecular flexibility index (Phi) is 4.60. The average Bonchev–Trinajstić information content (AvgIpc) is 2.29. The summed E-state index contributed by atoms with van der Waals surface area (Å²) in [4.78, 5) is 11.1. The van der Waals surface area contributed by atoms with Crippen molar-refractivity contribution < 1.29 is 0 Å². The first-order valence-corrected chi connectivity index (χ1v) is 6.82. The highest BCUT2D eigenvalue weighted by Gasteiger charge is 2.26. The van der Waals surface area contributed by atoms with Gasteiger partial charge in [0.1, 0.15) is 16.8 Å². The predicted molar refractivity (Wildman–Crippen MR) is 78.5 cm³/mol. The van der Waals surface area contributed by atoms with Crippen LogP contribution in [0.4, 0.5) is 5.82 Å². The minimum atomic E-state index is 0.186. The summed E-state index contributed by atoms with van der Waals surface area (Å²) in [5, 5.41) is 0.560. The topological polar surface area (TPSA) is 29.0 Å². The van der Waals surface area contributed by atoms with E-state index in [0.29, 0.717) is 11.2 Å². The van der Waals surface area contributed by atoms with Gasteiger partial charge in [-0.2, -0.15) is 0 Å². The maximum Gasteiger partial charge on any atom is 0.137 e. The van der Waals surface area contributed by atoms with Gasteiger partial charge in [-0.3, -0.25) is 0 Å². The highest BCUT2D eigenvalue weighted by Crippen LogP contribution is 2.30. The first-order chi connectivity index (χ1) is 8.18. The average molecular weight is 270 g/mol. The Hall–Kier alpha value is -0.830. The highest BCUT2D eigenvalue weighted by atomic mass is 35.5. The van der Waals surface area contributed by atoms with Crippen molar-refractivity contribution in [2.75, 3.05) is 11.9 Å². The molecule has 0 radical (unpaired) electrons. The standard InChI is InChI=1S/C14H24ClN3/c1-8-11-16-12(15)9(2)13(17-11)18(7)10(3)14(4,5)6/h10H,8H2,1-7H3. The lowest BCUT2D eigenvalue weighted by atomic mass is 9.87. The Morgan fingerprint density at radius 1 is 1.28 bits per heavy atom. The van der Waals surface area contributed by atoms with E-state index in [-0.39, 0.29) is 5.41 Å². The molecule has 3 nitrogen and oxygen atoms in total. The summed E-state index contributed by atoms with van der Waals surface area (Å²) in [6.45, 7) is 12.9. The fraction of sp³-hybridized carbons (Fsp3) is 0.714. The molecule has 0 spiro atoms. The minimum Gasteiger partial charge on any atom is -0.356 e. The molecule has 102 valence electrons. The number of halogens is 1. The van der Waals surface area contributed by atoms with Crippen LogP contribution in [0.3, 0.4) is 0 Å². The summed E-state index contributed by atoms with van der Waals surface area (Å²) >= 11 is 6.18. The zero-order valence-electron chi connectivity index (χ0n) is 12.5. The van der Waals surface area contributed by atoms with Crippen LogP contribution in [0.25, 0.3) is 0 Å². The van der Waals surface area contributed by atoms with Crippen LogP contribution in [0.1, 0.15) is 46.0 Å². The Morgan fingerprint density at radius 3 is 2.28 bits per heavy atom. The molecule has 0 saturated heterocycles. The number of anilines is 1. The van der Waals surface area contributed by atoms with Crippen LogP contribution < -0.4 is 4.90 Å². The Labute approximate surface area is 116 Å². The molecule has 0 aliphatic heterocycles. The lowest BCUT2D eigenvalue weighted by Crippen LogP contribution is -2.40. The molecule has 1 aromatic heterocycles. The van der Waals surface area contributed by atoms with Crippen molar-refractivity contribution in [1.82, 2.24) is 9.97 Å². The molecule has 1 rings (SSSR count). The van der Waals surface area contributed by atoms with E-state index in [1.165, 1.54) is 0 Å². The maximum absolute atomic E-state index is 6.18. The Balaban J connectivity index is 3.20. The molecule has 0 N–H and O–H groups in total. The van der Waals surface area contributed by atoms with E-state index in [0.717, 1.165) is 23.6 Å². The van der Waals surface area contributed by atoms with Crippen LogP contribution in [-0.2, 0) is 6.42 Å². The molecule has 0 saturated carbocycles. The second kappa shape index (κ2) is 5.43. The summed E-state index contributed by atoms with van der Waals surface area (Å²) in [5.74, 6) is 1.74. The van der Waals surface area contributed by atoms with E-state index >= 15 is 0 Å². The van der Waals surface area contributed by atoms with E-state index in [9.17, 15) is 0 Å². The first kappa shape index (κ1) is 15.2. The van der Waals surface area contributed by atoms with E-state index in [1.807, 2.05) is 13.8 Å². The lowest BCUT2D eigenvalue weighted by molar-refractivity contribution is 0.328. The van der Waals surface area contributed by atoms with Crippen molar-refractivity contribution in [2.24, 2.45) is 5.41 Å². The van der Waals surface area contributed by atoms with Gasteiger partial charge in [-0.05, 0) is 19.3 Å². The van der Waals surface area contributed by atoms with Crippen LogP contribution in [-0.4, -0.2) is 23.1 Å². The number of rotatable bonds is 3. The molecule has 0 aromatic carbocycles. The number of aryl methyl sites for hydroxylation is 1. The number of nitrogens with zero attached hydrogens (tertiary/aromatic N) is 3. The summed E-state index contributed by atoms with van der Waals surface area (Å²) in [5.41, 5.74) is 1.14. The van der Waals surface area contributed by atoms with Crippen LogP contribution in [0.2, 0.25) is 5.15 Å². The summed E-state index contributed by atoms with van der Waals surface area (Å²) in [7, 11) is 2.07. The number of hydrogen-bond acceptors (Lipinski definition) is 3. The van der Waals surface area contributed by atoms with Crippen molar-refractivity contribution in [3.05, 3.63) is 16.5 Å². The molecule has 1 heterocycles. The molecule has 4 heteroatoms. The van der Waals surface area contributed by atoms with E-state index in [4.69, 9.17) is 11.6 Å². The molecule has 0 bridgehead atoms. The van der Waals surface area contributed by atoms with Gasteiger partial charge in [-0.1, -0.05) is 39.3 Å². The van der Waals surface area contributed by atoms with Gasteiger partial charge in [0.15, 0.2) is 0 Å². The van der Waals surface area contributed by atoms with E-state index in [1.54, 1.807) is 0 Å². The largest absolute Gasteiger partial charge is 0.356 e. The molecular weight excluding hydrogens is 246 g/mol. The third-order valence-electron chi connectivity index (χ3n) is 3.59. The third kappa shape index (κ3) is 3.14. The monoisotopic (exact) mass is 269 g/mol. The number of hydrogen-bond donors (Lipinski definition) is 0. The fourth-order valence-corrected chi connectivity index (χ4v) is 1.97. The van der Waals surface area contributed by atoms with E-state index < -0.39 is 0 Å². The molecule has 0 amide bonds. The normalized spacial score (nSPS) is 13.6. The van der Waals surface area contributed by atoms with Gasteiger partial charge in [0.05, 0.1) is 0 Å². The third-order valence-corrected chi connectivity index (χ3v) is 3.96. The van der Waals surface area contributed by atoms with Crippen molar-refractivity contribution in [3.8, 4) is 0 Å². The van der Waals surface area contributed by atoms with Gasteiger partial charge < -0.3 is 4.90 Å². The van der Waals surface area contributed by atoms with Crippen molar-refractivity contribution in [2.45, 2.75) is 54.0 Å². The molecule has 18 heavy (non-hydrogen) atoms.